The summed E-state index contributed by atoms with van der Waals surface area (Å²) in [7, 11) is 3.48. The first-order valence-corrected chi connectivity index (χ1v) is 10.1. The maximum Gasteiger partial charge on any atom is 0.494 e. The van der Waals surface area contributed by atoms with E-state index in [2.05, 4.69) is 27.7 Å². The Labute approximate surface area is 169 Å². The molecule has 2 aliphatic rings. The number of nitrogens with zero attached hydrogens (tertiary/aromatic N) is 2. The average molecular weight is 388 g/mol. The Hall–Kier alpha value is -1.57. The van der Waals surface area contributed by atoms with Gasteiger partial charge in [0.2, 0.25) is 5.91 Å². The molecule has 0 aliphatic carbocycles. The van der Waals surface area contributed by atoms with E-state index < -0.39 is 0 Å². The van der Waals surface area contributed by atoms with Crippen LogP contribution in [0.4, 0.5) is 0 Å². The summed E-state index contributed by atoms with van der Waals surface area (Å²) in [6, 6.07) is 7.97. The van der Waals surface area contributed by atoms with Crippen LogP contribution in [0, 0.1) is 0 Å². The van der Waals surface area contributed by atoms with Gasteiger partial charge in [-0.15, -0.1) is 0 Å². The lowest BCUT2D eigenvalue weighted by Gasteiger charge is -2.32. The second-order valence-electron chi connectivity index (χ2n) is 9.09. The molecule has 1 aromatic rings. The fraction of sp³-hybridized carbons (Fsp3) is 0.667. The number of carbonyl (C=O) groups is 1. The molecule has 0 N–H and O–H groups in total. The summed E-state index contributed by atoms with van der Waals surface area (Å²) < 4.78 is 18.3. The summed E-state index contributed by atoms with van der Waals surface area (Å²) in [5.41, 5.74) is 0.311. The molecular formula is C21H33BN2O4. The molecule has 7 heteroatoms. The van der Waals surface area contributed by atoms with Crippen molar-refractivity contribution in [1.82, 2.24) is 9.80 Å². The predicted molar refractivity (Wildman–Crippen MR) is 111 cm³/mol. The smallest absolute Gasteiger partial charge is 0.490 e. The van der Waals surface area contributed by atoms with Crippen molar-refractivity contribution in [1.29, 1.82) is 0 Å². The van der Waals surface area contributed by atoms with Gasteiger partial charge in [0.1, 0.15) is 11.9 Å². The highest BCUT2D eigenvalue weighted by molar-refractivity contribution is 6.62. The van der Waals surface area contributed by atoms with E-state index in [1.165, 1.54) is 0 Å². The van der Waals surface area contributed by atoms with Crippen LogP contribution in [0.3, 0.4) is 0 Å². The number of likely N-dealkylation sites (tertiary alicyclic amines) is 1. The molecule has 2 fully saturated rings. The summed E-state index contributed by atoms with van der Waals surface area (Å²) >= 11 is 0. The maximum absolute atomic E-state index is 12.1. The van der Waals surface area contributed by atoms with Crippen molar-refractivity contribution in [2.24, 2.45) is 0 Å². The van der Waals surface area contributed by atoms with Gasteiger partial charge in [0.05, 0.1) is 17.7 Å². The number of likely N-dealkylation sites (N-methyl/N-ethyl adjacent to an activating group) is 1. The van der Waals surface area contributed by atoms with Gasteiger partial charge in [0.15, 0.2) is 0 Å². The Bertz CT molecular complexity index is 666. The number of carbonyl (C=O) groups excluding carboxylic acids is 1. The summed E-state index contributed by atoms with van der Waals surface area (Å²) in [6.07, 6.45) is 1.86. The van der Waals surface area contributed by atoms with E-state index in [4.69, 9.17) is 14.0 Å². The molecule has 28 heavy (non-hydrogen) atoms. The number of piperidine rings is 1. The molecule has 2 heterocycles. The Morgan fingerprint density at radius 1 is 1.11 bits per heavy atom. The third kappa shape index (κ3) is 4.70. The molecule has 0 spiro atoms. The molecule has 0 bridgehead atoms. The standard InChI is InChI=1S/C21H33BN2O4/c1-20(2)21(3,4)28-22(27-20)16-7-9-17(10-8-16)26-18-11-13-24(14-12-18)19(25)15-23(5)6/h7-10,18H,11-15H2,1-6H3. The highest BCUT2D eigenvalue weighted by atomic mass is 16.7. The van der Waals surface area contributed by atoms with Crippen molar-refractivity contribution >= 4 is 18.5 Å². The SMILES string of the molecule is CN(C)CC(=O)N1CCC(Oc2ccc(B3OC(C)(C)C(C)(C)O3)cc2)CC1. The highest BCUT2D eigenvalue weighted by Crippen LogP contribution is 2.36. The van der Waals surface area contributed by atoms with Gasteiger partial charge in [-0.3, -0.25) is 4.79 Å². The van der Waals surface area contributed by atoms with E-state index in [0.29, 0.717) is 6.54 Å². The number of amides is 1. The summed E-state index contributed by atoms with van der Waals surface area (Å²) in [5, 5.41) is 0. The van der Waals surface area contributed by atoms with E-state index in [0.717, 1.165) is 37.1 Å². The normalized spacial score (nSPS) is 22.0. The van der Waals surface area contributed by atoms with Crippen molar-refractivity contribution in [3.63, 3.8) is 0 Å². The Balaban J connectivity index is 1.51. The van der Waals surface area contributed by atoms with Crippen molar-refractivity contribution in [3.05, 3.63) is 24.3 Å². The van der Waals surface area contributed by atoms with Gasteiger partial charge in [0.25, 0.3) is 0 Å². The molecule has 0 saturated carbocycles. The molecule has 0 radical (unpaired) electrons. The number of benzene rings is 1. The largest absolute Gasteiger partial charge is 0.494 e. The highest BCUT2D eigenvalue weighted by Gasteiger charge is 2.51. The lowest BCUT2D eigenvalue weighted by atomic mass is 9.79. The van der Waals surface area contributed by atoms with Crippen molar-refractivity contribution in [2.75, 3.05) is 33.7 Å². The molecule has 1 amide bonds. The lowest BCUT2D eigenvalue weighted by Crippen LogP contribution is -2.45. The third-order valence-corrected chi connectivity index (χ3v) is 5.95. The fourth-order valence-electron chi connectivity index (χ4n) is 3.47. The van der Waals surface area contributed by atoms with Gasteiger partial charge >= 0.3 is 7.12 Å². The van der Waals surface area contributed by atoms with Crippen molar-refractivity contribution in [2.45, 2.75) is 57.8 Å². The van der Waals surface area contributed by atoms with Crippen LogP contribution >= 0.6 is 0 Å². The minimum atomic E-state index is -0.356. The van der Waals surface area contributed by atoms with E-state index in [1.807, 2.05) is 48.2 Å². The van der Waals surface area contributed by atoms with E-state index in [1.54, 1.807) is 0 Å². The van der Waals surface area contributed by atoms with Crippen LogP contribution in [-0.2, 0) is 14.1 Å². The molecule has 3 rings (SSSR count). The predicted octanol–water partition coefficient (Wildman–Crippen LogP) is 1.92. The topological polar surface area (TPSA) is 51.2 Å². The van der Waals surface area contributed by atoms with E-state index in [-0.39, 0.29) is 30.3 Å². The Kier molecular flexibility index (Phi) is 6.08. The average Bonchev–Trinajstić information content (AvgIpc) is 2.83. The number of ether oxygens (including phenoxy) is 1. The van der Waals surface area contributed by atoms with Gasteiger partial charge in [-0.05, 0) is 59.4 Å². The molecule has 0 unspecified atom stereocenters. The van der Waals surface area contributed by atoms with E-state index in [9.17, 15) is 4.79 Å². The molecule has 2 saturated heterocycles. The minimum Gasteiger partial charge on any atom is -0.490 e. The zero-order valence-electron chi connectivity index (χ0n) is 18.0. The fourth-order valence-corrected chi connectivity index (χ4v) is 3.47. The molecule has 2 aliphatic heterocycles. The molecule has 154 valence electrons. The summed E-state index contributed by atoms with van der Waals surface area (Å²) in [4.78, 5) is 16.0. The zero-order valence-corrected chi connectivity index (χ0v) is 18.0. The minimum absolute atomic E-state index is 0.145. The summed E-state index contributed by atoms with van der Waals surface area (Å²) in [5.74, 6) is 1.04. The maximum atomic E-state index is 12.1. The van der Waals surface area contributed by atoms with Crippen LogP contribution in [0.1, 0.15) is 40.5 Å². The zero-order chi connectivity index (χ0) is 20.5. The van der Waals surface area contributed by atoms with Crippen molar-refractivity contribution < 1.29 is 18.8 Å². The second-order valence-corrected chi connectivity index (χ2v) is 9.09. The van der Waals surface area contributed by atoms with E-state index >= 15 is 0 Å². The van der Waals surface area contributed by atoms with Gasteiger partial charge in [-0.1, -0.05) is 12.1 Å². The van der Waals surface area contributed by atoms with Crippen molar-refractivity contribution in [3.8, 4) is 5.75 Å². The molecule has 0 atom stereocenters. The van der Waals surface area contributed by atoms with Crippen LogP contribution in [0.2, 0.25) is 0 Å². The van der Waals surface area contributed by atoms with Gasteiger partial charge in [-0.25, -0.2) is 0 Å². The van der Waals surface area contributed by atoms with Gasteiger partial charge in [0, 0.05) is 25.9 Å². The van der Waals surface area contributed by atoms with Crippen LogP contribution in [0.25, 0.3) is 0 Å². The Morgan fingerprint density at radius 3 is 2.14 bits per heavy atom. The van der Waals surface area contributed by atoms with Crippen LogP contribution in [-0.4, -0.2) is 73.9 Å². The second kappa shape index (κ2) is 8.05. The van der Waals surface area contributed by atoms with Gasteiger partial charge < -0.3 is 23.8 Å². The lowest BCUT2D eigenvalue weighted by molar-refractivity contribution is -0.133. The quantitative estimate of drug-likeness (QED) is 0.722. The van der Waals surface area contributed by atoms with Crippen LogP contribution in [0.15, 0.2) is 24.3 Å². The third-order valence-electron chi connectivity index (χ3n) is 5.95. The number of hydrogen-bond donors (Lipinski definition) is 0. The van der Waals surface area contributed by atoms with Crippen LogP contribution < -0.4 is 10.2 Å². The van der Waals surface area contributed by atoms with Crippen LogP contribution in [0.5, 0.6) is 5.75 Å². The molecule has 1 aromatic carbocycles. The summed E-state index contributed by atoms with van der Waals surface area (Å²) in [6.45, 7) is 10.2. The van der Waals surface area contributed by atoms with Gasteiger partial charge in [-0.2, -0.15) is 0 Å². The first-order valence-electron chi connectivity index (χ1n) is 10.1. The first kappa shape index (κ1) is 21.2. The number of hydrogen-bond acceptors (Lipinski definition) is 5. The molecule has 0 aromatic heterocycles. The molecular weight excluding hydrogens is 355 g/mol. The first-order chi connectivity index (χ1) is 13.1. The number of rotatable bonds is 5. The Morgan fingerprint density at radius 2 is 1.64 bits per heavy atom. The molecule has 6 nitrogen and oxygen atoms in total. The monoisotopic (exact) mass is 388 g/mol.